The van der Waals surface area contributed by atoms with E-state index in [2.05, 4.69) is 114 Å². The molecule has 0 amide bonds. The monoisotopic (exact) mass is 737 g/mol. The van der Waals surface area contributed by atoms with Crippen molar-refractivity contribution in [3.05, 3.63) is 160 Å². The van der Waals surface area contributed by atoms with E-state index in [0.29, 0.717) is 0 Å². The standard InChI is InChI=1S/C38H30N4.Pt/c1-39-33-19-11-9-17-29(33)35-23-31(25-13-5-3-6-14-25)27-21-22-28-32(26-15-7-4-8-16-26)24-36(42-38(28)37(27)41-35)30-18-10-12-20-34(30)40-2;/h3-24,27,37H,1-2H3;/q-2;+2. The first-order valence-electron chi connectivity index (χ1n) is 14.3. The molecule has 5 aromatic rings. The van der Waals surface area contributed by atoms with Gasteiger partial charge in [0.1, 0.15) is 6.04 Å². The molecule has 212 valence electrons. The van der Waals surface area contributed by atoms with Crippen molar-refractivity contribution in [3.8, 4) is 22.4 Å². The predicted molar refractivity (Wildman–Crippen MR) is 176 cm³/mol. The average Bonchev–Trinajstić information content (AvgIpc) is 3.07. The maximum atomic E-state index is 5.45. The number of para-hydroxylation sites is 2. The Labute approximate surface area is 267 Å². The van der Waals surface area contributed by atoms with E-state index in [1.165, 1.54) is 11.1 Å². The third kappa shape index (κ3) is 5.28. The van der Waals surface area contributed by atoms with Gasteiger partial charge in [-0.2, -0.15) is 0 Å². The van der Waals surface area contributed by atoms with Gasteiger partial charge in [-0.15, -0.1) is 25.5 Å². The van der Waals surface area contributed by atoms with Crippen LogP contribution >= 0.6 is 0 Å². The molecule has 0 saturated carbocycles. The minimum absolute atomic E-state index is 0. The van der Waals surface area contributed by atoms with Gasteiger partial charge in [0.15, 0.2) is 0 Å². The van der Waals surface area contributed by atoms with Gasteiger partial charge in [0.2, 0.25) is 0 Å². The van der Waals surface area contributed by atoms with Crippen LogP contribution in [0.4, 0.5) is 11.4 Å². The first-order valence-corrected chi connectivity index (χ1v) is 14.3. The third-order valence-electron chi connectivity index (χ3n) is 8.14. The van der Waals surface area contributed by atoms with Gasteiger partial charge in [0.05, 0.1) is 17.1 Å². The summed E-state index contributed by atoms with van der Waals surface area (Å²) in [7, 11) is 3.67. The predicted octanol–water partition coefficient (Wildman–Crippen LogP) is 9.95. The van der Waals surface area contributed by atoms with Crippen LogP contribution in [0.2, 0.25) is 0 Å². The van der Waals surface area contributed by atoms with Crippen molar-refractivity contribution in [2.75, 3.05) is 14.1 Å². The quantitative estimate of drug-likeness (QED) is 0.171. The maximum absolute atomic E-state index is 5.45. The van der Waals surface area contributed by atoms with E-state index < -0.39 is 0 Å². The molecule has 4 nitrogen and oxygen atoms in total. The van der Waals surface area contributed by atoms with Crippen molar-refractivity contribution >= 4 is 28.7 Å². The summed E-state index contributed by atoms with van der Waals surface area (Å²) in [5.74, 6) is 0.0480. The Morgan fingerprint density at radius 3 is 1.88 bits per heavy atom. The minimum atomic E-state index is -0.196. The topological polar surface area (TPSA) is 53.5 Å². The van der Waals surface area contributed by atoms with Gasteiger partial charge < -0.3 is 10.6 Å². The number of hydrogen-bond acceptors (Lipinski definition) is 2. The molecule has 5 heteroatoms. The number of benzene rings is 4. The SMILES string of the molecule is C[N-]c1ccccc1C1=NC2c3nc(-c4ccccc4[N-]C)cc(-c4ccccc4)c3C=CC2C(c2ccccc2)=C1.[Pt+2]. The van der Waals surface area contributed by atoms with E-state index >= 15 is 0 Å². The van der Waals surface area contributed by atoms with Gasteiger partial charge in [-0.3, -0.25) is 4.99 Å². The molecular weight excluding hydrogens is 708 g/mol. The summed E-state index contributed by atoms with van der Waals surface area (Å²) in [5, 5.41) is 9.13. The first kappa shape index (κ1) is 28.6. The number of nitrogens with zero attached hydrogens (tertiary/aromatic N) is 4. The number of aliphatic imine (C=N–C) groups is 1. The van der Waals surface area contributed by atoms with E-state index in [1.54, 1.807) is 0 Å². The molecular formula is C38H30N4Pt. The van der Waals surface area contributed by atoms with Crippen LogP contribution < -0.4 is 0 Å². The van der Waals surface area contributed by atoms with Gasteiger partial charge in [0, 0.05) is 11.5 Å². The first-order chi connectivity index (χ1) is 20.7. The number of dihydropyridines is 1. The zero-order chi connectivity index (χ0) is 28.5. The summed E-state index contributed by atoms with van der Waals surface area (Å²) in [4.78, 5) is 10.8. The van der Waals surface area contributed by atoms with Crippen LogP contribution in [0, 0.1) is 5.92 Å². The number of fused-ring (bicyclic) bond motifs is 3. The number of rotatable bonds is 6. The van der Waals surface area contributed by atoms with Crippen LogP contribution in [0.25, 0.3) is 44.7 Å². The molecule has 1 aliphatic heterocycles. The summed E-state index contributed by atoms with van der Waals surface area (Å²) in [6.45, 7) is 0. The van der Waals surface area contributed by atoms with Gasteiger partial charge >= 0.3 is 21.1 Å². The number of hydrogen-bond donors (Lipinski definition) is 0. The molecule has 2 atom stereocenters. The van der Waals surface area contributed by atoms with Crippen LogP contribution in [0.3, 0.4) is 0 Å². The molecule has 0 fully saturated rings. The second-order valence-electron chi connectivity index (χ2n) is 10.5. The Morgan fingerprint density at radius 1 is 0.628 bits per heavy atom. The van der Waals surface area contributed by atoms with Crippen molar-refractivity contribution in [2.45, 2.75) is 6.04 Å². The van der Waals surface area contributed by atoms with Gasteiger partial charge in [0.25, 0.3) is 0 Å². The number of allylic oxidation sites excluding steroid dienone is 1. The largest absolute Gasteiger partial charge is 2.00 e. The molecule has 0 N–H and O–H groups in total. The molecule has 1 aliphatic carbocycles. The fraction of sp³-hybridized carbons (Fsp3) is 0.105. The van der Waals surface area contributed by atoms with Crippen molar-refractivity contribution < 1.29 is 21.1 Å². The van der Waals surface area contributed by atoms with Crippen LogP contribution in [0.5, 0.6) is 0 Å². The fourth-order valence-corrected chi connectivity index (χ4v) is 6.12. The molecule has 43 heavy (non-hydrogen) atoms. The molecule has 0 spiro atoms. The summed E-state index contributed by atoms with van der Waals surface area (Å²) >= 11 is 0. The second-order valence-corrected chi connectivity index (χ2v) is 10.5. The van der Waals surface area contributed by atoms with Crippen molar-refractivity contribution in [1.29, 1.82) is 0 Å². The van der Waals surface area contributed by atoms with Gasteiger partial charge in [-0.05, 0) is 45.5 Å². The maximum Gasteiger partial charge on any atom is 2.00 e. The molecule has 0 radical (unpaired) electrons. The molecule has 0 bridgehead atoms. The van der Waals surface area contributed by atoms with Gasteiger partial charge in [-0.1, -0.05) is 121 Å². The minimum Gasteiger partial charge on any atom is -0.686 e. The fourth-order valence-electron chi connectivity index (χ4n) is 6.12. The Balaban J connectivity index is 0.00000329. The molecule has 2 unspecified atom stereocenters. The van der Waals surface area contributed by atoms with Crippen molar-refractivity contribution in [1.82, 2.24) is 4.98 Å². The van der Waals surface area contributed by atoms with E-state index in [0.717, 1.165) is 56.3 Å². The molecule has 1 aromatic heterocycles. The second kappa shape index (κ2) is 12.4. The number of pyridine rings is 1. The van der Waals surface area contributed by atoms with E-state index in [-0.39, 0.29) is 33.0 Å². The van der Waals surface area contributed by atoms with Crippen LogP contribution in [0.1, 0.15) is 28.4 Å². The normalized spacial score (nSPS) is 16.6. The summed E-state index contributed by atoms with van der Waals surface area (Å²) in [6, 6.07) is 39.6. The number of aromatic nitrogens is 1. The van der Waals surface area contributed by atoms with Gasteiger partial charge in [-0.25, -0.2) is 4.98 Å². The zero-order valence-corrected chi connectivity index (χ0v) is 26.2. The molecule has 4 aromatic carbocycles. The molecule has 2 heterocycles. The summed E-state index contributed by atoms with van der Waals surface area (Å²) in [6.07, 6.45) is 6.80. The van der Waals surface area contributed by atoms with Crippen LogP contribution in [-0.4, -0.2) is 24.8 Å². The van der Waals surface area contributed by atoms with E-state index in [1.807, 2.05) is 44.4 Å². The average molecular weight is 738 g/mol. The Bertz CT molecular complexity index is 1860. The van der Waals surface area contributed by atoms with E-state index in [4.69, 9.17) is 9.98 Å². The van der Waals surface area contributed by atoms with Crippen LogP contribution in [-0.2, 0) is 21.1 Å². The molecule has 2 aliphatic rings. The smallest absolute Gasteiger partial charge is 0.686 e. The molecule has 7 rings (SSSR count). The van der Waals surface area contributed by atoms with Crippen LogP contribution in [0.15, 0.2) is 132 Å². The third-order valence-corrected chi connectivity index (χ3v) is 8.14. The summed E-state index contributed by atoms with van der Waals surface area (Å²) in [5.41, 5.74) is 12.5. The van der Waals surface area contributed by atoms with Crippen molar-refractivity contribution in [2.24, 2.45) is 10.9 Å². The Hall–Kier alpha value is -4.53. The van der Waals surface area contributed by atoms with Crippen molar-refractivity contribution in [3.63, 3.8) is 0 Å². The Morgan fingerprint density at radius 2 is 1.21 bits per heavy atom. The molecule has 0 saturated heterocycles. The summed E-state index contributed by atoms with van der Waals surface area (Å²) < 4.78 is 0. The van der Waals surface area contributed by atoms with E-state index in [9.17, 15) is 0 Å². The Kier molecular flexibility index (Phi) is 8.22. The zero-order valence-electron chi connectivity index (χ0n) is 24.0.